The maximum absolute atomic E-state index is 15.7. The van der Waals surface area contributed by atoms with Gasteiger partial charge in [-0.3, -0.25) is 9.89 Å². The number of hydrogen-bond acceptors (Lipinski definition) is 6. The van der Waals surface area contributed by atoms with Crippen LogP contribution in [0, 0.1) is 0 Å². The predicted molar refractivity (Wildman–Crippen MR) is 126 cm³/mol. The van der Waals surface area contributed by atoms with Crippen LogP contribution in [-0.2, 0) is 20.5 Å². The fourth-order valence-electron chi connectivity index (χ4n) is 3.23. The number of rotatable bonds is 6. The van der Waals surface area contributed by atoms with Crippen molar-refractivity contribution in [1.29, 1.82) is 0 Å². The smallest absolute Gasteiger partial charge is 0.413 e. The molecular weight excluding hydrogens is 451 g/mol. The van der Waals surface area contributed by atoms with Crippen molar-refractivity contribution < 1.29 is 28.2 Å². The van der Waals surface area contributed by atoms with Gasteiger partial charge in [0, 0.05) is 7.05 Å². The Morgan fingerprint density at radius 3 is 2.56 bits per heavy atom. The van der Waals surface area contributed by atoms with E-state index >= 15 is 4.39 Å². The predicted octanol–water partition coefficient (Wildman–Crippen LogP) is 4.74. The summed E-state index contributed by atoms with van der Waals surface area (Å²) in [6.07, 6.45) is -4.10. The Kier molecular flexibility index (Phi) is 7.71. The van der Waals surface area contributed by atoms with Crippen molar-refractivity contribution in [3.8, 4) is 0 Å². The van der Waals surface area contributed by atoms with Crippen LogP contribution in [0.5, 0.6) is 0 Å². The van der Waals surface area contributed by atoms with Crippen LogP contribution in [0.2, 0.25) is 18.1 Å². The number of aliphatic imine (C=N–C) groups is 1. The Balaban J connectivity index is 1.78. The number of thioether (sulfide) groups is 1. The summed E-state index contributed by atoms with van der Waals surface area (Å²) in [6.45, 7) is 11.2. The first-order valence-electron chi connectivity index (χ1n) is 10.7. The minimum Gasteiger partial charge on any atom is -0.465 e. The van der Waals surface area contributed by atoms with Crippen LogP contribution >= 0.6 is 11.8 Å². The monoisotopic (exact) mass is 484 g/mol. The molecule has 1 amide bonds. The fourth-order valence-corrected chi connectivity index (χ4v) is 5.41. The van der Waals surface area contributed by atoms with Crippen molar-refractivity contribution >= 4 is 31.3 Å². The number of carbonyl (C=O) groups is 1. The maximum Gasteiger partial charge on any atom is 0.413 e. The van der Waals surface area contributed by atoms with Crippen molar-refractivity contribution in [2.75, 3.05) is 13.7 Å². The molecule has 0 spiro atoms. The number of fused-ring (bicyclic) bond motifs is 1. The van der Waals surface area contributed by atoms with E-state index in [-0.39, 0.29) is 23.4 Å². The number of ether oxygens (including phenoxy) is 2. The molecule has 1 aromatic rings. The van der Waals surface area contributed by atoms with E-state index in [1.54, 1.807) is 0 Å². The summed E-state index contributed by atoms with van der Waals surface area (Å²) < 4.78 is 34.3. The molecule has 5 atom stereocenters. The zero-order chi connectivity index (χ0) is 23.7. The van der Waals surface area contributed by atoms with Crippen molar-refractivity contribution in [2.24, 2.45) is 4.99 Å². The lowest BCUT2D eigenvalue weighted by molar-refractivity contribution is -0.169. The van der Waals surface area contributed by atoms with Crippen molar-refractivity contribution in [3.05, 3.63) is 35.9 Å². The molecule has 0 saturated carbocycles. The first-order valence-corrected chi connectivity index (χ1v) is 14.5. The van der Waals surface area contributed by atoms with Gasteiger partial charge in [0.1, 0.15) is 23.7 Å². The van der Waals surface area contributed by atoms with Gasteiger partial charge in [-0.05, 0) is 23.7 Å². The third kappa shape index (κ3) is 5.53. The number of carboxylic acid groups (broad SMARTS) is 1. The summed E-state index contributed by atoms with van der Waals surface area (Å²) in [5.74, 6) is 0. The van der Waals surface area contributed by atoms with Crippen LogP contribution in [0.1, 0.15) is 26.3 Å². The highest BCUT2D eigenvalue weighted by Crippen LogP contribution is 2.41. The molecule has 1 saturated heterocycles. The summed E-state index contributed by atoms with van der Waals surface area (Å²) in [5.41, 5.74) is 0.313. The SMILES string of the molecule is CN(C(=O)O)C1=N[C@@H]2[C@@H](F)[C@@H](OCc3ccccc3)[C@@H](CO[Si](C)(C)C(C)(C)C)O[C@@H]2S1. The molecule has 0 aliphatic carbocycles. The van der Waals surface area contributed by atoms with E-state index in [4.69, 9.17) is 13.9 Å². The van der Waals surface area contributed by atoms with E-state index in [1.165, 1.54) is 7.05 Å². The van der Waals surface area contributed by atoms with E-state index in [1.807, 2.05) is 30.3 Å². The normalized spacial score (nSPS) is 28.2. The molecule has 2 aliphatic heterocycles. The van der Waals surface area contributed by atoms with Gasteiger partial charge in [-0.15, -0.1) is 0 Å². The molecule has 2 aliphatic rings. The zero-order valence-electron chi connectivity index (χ0n) is 19.4. The van der Waals surface area contributed by atoms with Gasteiger partial charge < -0.3 is 19.0 Å². The summed E-state index contributed by atoms with van der Waals surface area (Å²) in [6, 6.07) is 8.73. The molecule has 10 heteroatoms. The van der Waals surface area contributed by atoms with Gasteiger partial charge in [-0.2, -0.15) is 0 Å². The highest BCUT2D eigenvalue weighted by molar-refractivity contribution is 8.14. The van der Waals surface area contributed by atoms with Crippen LogP contribution in [0.15, 0.2) is 35.3 Å². The molecule has 2 heterocycles. The van der Waals surface area contributed by atoms with Crippen LogP contribution < -0.4 is 0 Å². The number of amidine groups is 1. The Labute approximate surface area is 194 Å². The minimum atomic E-state index is -2.09. The molecule has 0 bridgehead atoms. The van der Waals surface area contributed by atoms with E-state index in [9.17, 15) is 9.90 Å². The molecular formula is C22H33FN2O5SSi. The Morgan fingerprint density at radius 1 is 1.31 bits per heavy atom. The van der Waals surface area contributed by atoms with Crippen molar-refractivity contribution in [2.45, 2.75) is 75.4 Å². The summed E-state index contributed by atoms with van der Waals surface area (Å²) in [4.78, 5) is 16.6. The standard InChI is InChI=1S/C22H33FN2O5SSi/c1-22(2,3)32(5,6)29-13-15-18(28-12-14-10-8-7-9-11-14)16(23)17-19(30-15)31-20(24-17)25(4)21(26)27/h7-11,15-19H,12-13H2,1-6H3,(H,26,27)/t15-,16-,17-,18+,19-/m1/s1. The number of amides is 1. The van der Waals surface area contributed by atoms with Gasteiger partial charge in [0.05, 0.1) is 13.2 Å². The second-order valence-corrected chi connectivity index (χ2v) is 15.6. The van der Waals surface area contributed by atoms with Crippen LogP contribution in [0.25, 0.3) is 0 Å². The number of nitrogens with zero attached hydrogens (tertiary/aromatic N) is 2. The van der Waals surface area contributed by atoms with Gasteiger partial charge in [-0.25, -0.2) is 9.18 Å². The van der Waals surface area contributed by atoms with E-state index < -0.39 is 44.3 Å². The van der Waals surface area contributed by atoms with Gasteiger partial charge >= 0.3 is 6.09 Å². The third-order valence-corrected chi connectivity index (χ3v) is 12.1. The Bertz CT molecular complexity index is 835. The lowest BCUT2D eigenvalue weighted by Crippen LogP contribution is -2.56. The van der Waals surface area contributed by atoms with Crippen LogP contribution in [-0.4, -0.2) is 73.1 Å². The third-order valence-electron chi connectivity index (χ3n) is 6.35. The van der Waals surface area contributed by atoms with Crippen molar-refractivity contribution in [3.63, 3.8) is 0 Å². The van der Waals surface area contributed by atoms with E-state index in [0.29, 0.717) is 0 Å². The number of benzene rings is 1. The first kappa shape index (κ1) is 25.2. The highest BCUT2D eigenvalue weighted by Gasteiger charge is 2.52. The maximum atomic E-state index is 15.7. The lowest BCUT2D eigenvalue weighted by atomic mass is 9.99. The minimum absolute atomic E-state index is 0.00228. The first-order chi connectivity index (χ1) is 14.9. The fraction of sp³-hybridized carbons (Fsp3) is 0.636. The van der Waals surface area contributed by atoms with Gasteiger partial charge in [0.25, 0.3) is 0 Å². The van der Waals surface area contributed by atoms with Crippen molar-refractivity contribution in [1.82, 2.24) is 4.90 Å². The van der Waals surface area contributed by atoms with Crippen LogP contribution in [0.4, 0.5) is 9.18 Å². The zero-order valence-corrected chi connectivity index (χ0v) is 21.3. The molecule has 0 radical (unpaired) electrons. The second-order valence-electron chi connectivity index (χ2n) is 9.68. The molecule has 1 fully saturated rings. The number of alkyl halides is 1. The molecule has 1 N–H and O–H groups in total. The second kappa shape index (κ2) is 9.80. The molecule has 3 rings (SSSR count). The molecule has 1 aromatic carbocycles. The van der Waals surface area contributed by atoms with E-state index in [0.717, 1.165) is 22.2 Å². The largest absolute Gasteiger partial charge is 0.465 e. The number of halogens is 1. The summed E-state index contributed by atoms with van der Waals surface area (Å²) in [7, 11) is -0.698. The lowest BCUT2D eigenvalue weighted by Gasteiger charge is -2.42. The van der Waals surface area contributed by atoms with Gasteiger partial charge in [0.2, 0.25) is 0 Å². The molecule has 178 valence electrons. The Morgan fingerprint density at radius 2 is 1.97 bits per heavy atom. The topological polar surface area (TPSA) is 80.6 Å². The quantitative estimate of drug-likeness (QED) is 0.588. The highest BCUT2D eigenvalue weighted by atomic mass is 32.2. The number of hydrogen-bond donors (Lipinski definition) is 1. The Hall–Kier alpha value is -1.46. The summed E-state index contributed by atoms with van der Waals surface area (Å²) in [5, 5.41) is 9.49. The van der Waals surface area contributed by atoms with Gasteiger partial charge in [-0.1, -0.05) is 62.9 Å². The van der Waals surface area contributed by atoms with E-state index in [2.05, 4.69) is 38.9 Å². The molecule has 32 heavy (non-hydrogen) atoms. The average molecular weight is 485 g/mol. The molecule has 7 nitrogen and oxygen atoms in total. The van der Waals surface area contributed by atoms with Gasteiger partial charge in [0.15, 0.2) is 19.7 Å². The summed E-state index contributed by atoms with van der Waals surface area (Å²) >= 11 is 1.13. The molecule has 0 aromatic heterocycles. The van der Waals surface area contributed by atoms with Crippen LogP contribution in [0.3, 0.4) is 0 Å². The average Bonchev–Trinajstić information content (AvgIpc) is 3.15. The molecule has 0 unspecified atom stereocenters.